The SMILES string of the molecule is CC(N)CCC(=O)NCC(=O)N1CCCc2ccccc21. The summed E-state index contributed by atoms with van der Waals surface area (Å²) in [5, 5.41) is 2.68. The number of anilines is 1. The monoisotopic (exact) mass is 289 g/mol. The summed E-state index contributed by atoms with van der Waals surface area (Å²) >= 11 is 0. The molecule has 1 atom stereocenters. The summed E-state index contributed by atoms with van der Waals surface area (Å²) in [5.41, 5.74) is 7.78. The largest absolute Gasteiger partial charge is 0.347 e. The molecular weight excluding hydrogens is 266 g/mol. The Hall–Kier alpha value is -1.88. The number of benzene rings is 1. The van der Waals surface area contributed by atoms with Crippen LogP contribution < -0.4 is 16.0 Å². The van der Waals surface area contributed by atoms with Crippen LogP contribution in [0, 0.1) is 0 Å². The highest BCUT2D eigenvalue weighted by Gasteiger charge is 2.22. The topological polar surface area (TPSA) is 75.4 Å². The average molecular weight is 289 g/mol. The number of fused-ring (bicyclic) bond motifs is 1. The van der Waals surface area contributed by atoms with E-state index in [1.165, 1.54) is 5.56 Å². The Morgan fingerprint density at radius 1 is 1.38 bits per heavy atom. The highest BCUT2D eigenvalue weighted by atomic mass is 16.2. The maximum atomic E-state index is 12.3. The Labute approximate surface area is 125 Å². The van der Waals surface area contributed by atoms with Gasteiger partial charge in [0.1, 0.15) is 0 Å². The molecule has 0 fully saturated rings. The standard InChI is InChI=1S/C16H23N3O2/c1-12(17)8-9-15(20)18-11-16(21)19-10-4-6-13-5-2-3-7-14(13)19/h2-3,5,7,12H,4,6,8-11,17H2,1H3,(H,18,20). The van der Waals surface area contributed by atoms with Crippen molar-refractivity contribution in [1.82, 2.24) is 5.32 Å². The third kappa shape index (κ3) is 4.29. The number of nitrogens with one attached hydrogen (secondary N) is 1. The number of rotatable bonds is 5. The Kier molecular flexibility index (Phi) is 5.33. The van der Waals surface area contributed by atoms with Gasteiger partial charge < -0.3 is 16.0 Å². The lowest BCUT2D eigenvalue weighted by atomic mass is 10.0. The van der Waals surface area contributed by atoms with E-state index in [1.54, 1.807) is 4.90 Å². The number of para-hydroxylation sites is 1. The minimum atomic E-state index is -0.119. The molecule has 1 aromatic carbocycles. The maximum Gasteiger partial charge on any atom is 0.246 e. The Bertz CT molecular complexity index is 514. The molecule has 2 rings (SSSR count). The van der Waals surface area contributed by atoms with Gasteiger partial charge >= 0.3 is 0 Å². The zero-order valence-corrected chi connectivity index (χ0v) is 12.5. The third-order valence-corrected chi connectivity index (χ3v) is 3.67. The van der Waals surface area contributed by atoms with Crippen LogP contribution >= 0.6 is 0 Å². The van der Waals surface area contributed by atoms with E-state index >= 15 is 0 Å². The van der Waals surface area contributed by atoms with Gasteiger partial charge in [-0.25, -0.2) is 0 Å². The number of nitrogens with two attached hydrogens (primary N) is 1. The summed E-state index contributed by atoms with van der Waals surface area (Å²) in [4.78, 5) is 25.7. The van der Waals surface area contributed by atoms with Gasteiger partial charge in [0, 0.05) is 24.7 Å². The molecule has 1 aromatic rings. The van der Waals surface area contributed by atoms with Crippen LogP contribution in [0.25, 0.3) is 0 Å². The minimum absolute atomic E-state index is 0.000392. The van der Waals surface area contributed by atoms with Gasteiger partial charge in [0.05, 0.1) is 6.54 Å². The molecular formula is C16H23N3O2. The molecule has 0 saturated carbocycles. The molecule has 0 saturated heterocycles. The van der Waals surface area contributed by atoms with Crippen molar-refractivity contribution in [3.8, 4) is 0 Å². The highest BCUT2D eigenvalue weighted by molar-refractivity contribution is 5.97. The molecule has 0 bridgehead atoms. The van der Waals surface area contributed by atoms with Crippen molar-refractivity contribution in [2.24, 2.45) is 5.73 Å². The summed E-state index contributed by atoms with van der Waals surface area (Å²) in [6, 6.07) is 7.94. The first kappa shape index (κ1) is 15.5. The molecule has 1 aliphatic heterocycles. The molecule has 0 radical (unpaired) electrons. The number of nitrogens with zero attached hydrogens (tertiary/aromatic N) is 1. The number of carbonyl (C=O) groups excluding carboxylic acids is 2. The predicted molar refractivity (Wildman–Crippen MR) is 83.0 cm³/mol. The van der Waals surface area contributed by atoms with E-state index in [9.17, 15) is 9.59 Å². The van der Waals surface area contributed by atoms with Gasteiger partial charge in [-0.2, -0.15) is 0 Å². The lowest BCUT2D eigenvalue weighted by Crippen LogP contribution is -2.42. The molecule has 0 spiro atoms. The van der Waals surface area contributed by atoms with Gasteiger partial charge in [-0.1, -0.05) is 18.2 Å². The number of hydrogen-bond acceptors (Lipinski definition) is 3. The number of hydrogen-bond donors (Lipinski definition) is 2. The van der Waals surface area contributed by atoms with Gasteiger partial charge in [0.25, 0.3) is 0 Å². The van der Waals surface area contributed by atoms with E-state index in [0.717, 1.165) is 18.5 Å². The zero-order chi connectivity index (χ0) is 15.2. The quantitative estimate of drug-likeness (QED) is 0.855. The molecule has 1 unspecified atom stereocenters. The summed E-state index contributed by atoms with van der Waals surface area (Å²) in [5.74, 6) is -0.178. The van der Waals surface area contributed by atoms with Crippen molar-refractivity contribution in [3.63, 3.8) is 0 Å². The molecule has 0 aromatic heterocycles. The predicted octanol–water partition coefficient (Wildman–Crippen LogP) is 1.21. The molecule has 5 nitrogen and oxygen atoms in total. The first-order valence-electron chi connectivity index (χ1n) is 7.48. The number of aryl methyl sites for hydroxylation is 1. The third-order valence-electron chi connectivity index (χ3n) is 3.67. The van der Waals surface area contributed by atoms with Crippen molar-refractivity contribution in [2.45, 2.75) is 38.6 Å². The lowest BCUT2D eigenvalue weighted by molar-refractivity contribution is -0.125. The molecule has 1 heterocycles. The lowest BCUT2D eigenvalue weighted by Gasteiger charge is -2.29. The van der Waals surface area contributed by atoms with Gasteiger partial charge in [-0.05, 0) is 37.8 Å². The fraction of sp³-hybridized carbons (Fsp3) is 0.500. The molecule has 1 aliphatic rings. The Morgan fingerprint density at radius 2 is 2.14 bits per heavy atom. The minimum Gasteiger partial charge on any atom is -0.347 e. The van der Waals surface area contributed by atoms with Gasteiger partial charge in [0.15, 0.2) is 0 Å². The summed E-state index contributed by atoms with van der Waals surface area (Å²) in [6.07, 6.45) is 2.95. The van der Waals surface area contributed by atoms with Gasteiger partial charge in [0.2, 0.25) is 11.8 Å². The molecule has 2 amide bonds. The van der Waals surface area contributed by atoms with Crippen LogP contribution in [0.1, 0.15) is 31.7 Å². The molecule has 3 N–H and O–H groups in total. The zero-order valence-electron chi connectivity index (χ0n) is 12.5. The number of amides is 2. The van der Waals surface area contributed by atoms with Crippen LogP contribution in [-0.2, 0) is 16.0 Å². The molecule has 0 aliphatic carbocycles. The Balaban J connectivity index is 1.88. The van der Waals surface area contributed by atoms with Gasteiger partial charge in [-0.15, -0.1) is 0 Å². The fourth-order valence-corrected chi connectivity index (χ4v) is 2.51. The number of carbonyl (C=O) groups is 2. The molecule has 5 heteroatoms. The Morgan fingerprint density at radius 3 is 2.90 bits per heavy atom. The summed E-state index contributed by atoms with van der Waals surface area (Å²) < 4.78 is 0. The van der Waals surface area contributed by atoms with Crippen LogP contribution in [-0.4, -0.2) is 30.9 Å². The van der Waals surface area contributed by atoms with E-state index in [-0.39, 0.29) is 24.4 Å². The first-order chi connectivity index (χ1) is 10.1. The van der Waals surface area contributed by atoms with Crippen LogP contribution in [0.2, 0.25) is 0 Å². The first-order valence-corrected chi connectivity index (χ1v) is 7.48. The van der Waals surface area contributed by atoms with E-state index in [0.29, 0.717) is 19.4 Å². The molecule has 21 heavy (non-hydrogen) atoms. The second-order valence-corrected chi connectivity index (χ2v) is 5.57. The van der Waals surface area contributed by atoms with Crippen LogP contribution in [0.3, 0.4) is 0 Å². The second kappa shape index (κ2) is 7.22. The molecule has 114 valence electrons. The summed E-state index contributed by atoms with van der Waals surface area (Å²) in [6.45, 7) is 2.63. The van der Waals surface area contributed by atoms with Crippen molar-refractivity contribution < 1.29 is 9.59 Å². The summed E-state index contributed by atoms with van der Waals surface area (Å²) in [7, 11) is 0. The normalized spacial score (nSPS) is 15.2. The average Bonchev–Trinajstić information content (AvgIpc) is 2.50. The van der Waals surface area contributed by atoms with E-state index in [4.69, 9.17) is 5.73 Å². The highest BCUT2D eigenvalue weighted by Crippen LogP contribution is 2.26. The van der Waals surface area contributed by atoms with E-state index < -0.39 is 0 Å². The second-order valence-electron chi connectivity index (χ2n) is 5.57. The van der Waals surface area contributed by atoms with Crippen LogP contribution in [0.5, 0.6) is 0 Å². The van der Waals surface area contributed by atoms with Crippen molar-refractivity contribution in [2.75, 3.05) is 18.0 Å². The van der Waals surface area contributed by atoms with Crippen LogP contribution in [0.15, 0.2) is 24.3 Å². The maximum absolute atomic E-state index is 12.3. The van der Waals surface area contributed by atoms with Gasteiger partial charge in [-0.3, -0.25) is 9.59 Å². The van der Waals surface area contributed by atoms with Crippen molar-refractivity contribution >= 4 is 17.5 Å². The van der Waals surface area contributed by atoms with Crippen molar-refractivity contribution in [1.29, 1.82) is 0 Å². The fourth-order valence-electron chi connectivity index (χ4n) is 2.51. The smallest absolute Gasteiger partial charge is 0.246 e. The van der Waals surface area contributed by atoms with E-state index in [2.05, 4.69) is 11.4 Å². The van der Waals surface area contributed by atoms with E-state index in [1.807, 2.05) is 25.1 Å². The van der Waals surface area contributed by atoms with Crippen molar-refractivity contribution in [3.05, 3.63) is 29.8 Å². The van der Waals surface area contributed by atoms with Crippen LogP contribution in [0.4, 0.5) is 5.69 Å².